The molecule has 0 saturated heterocycles. The summed E-state index contributed by atoms with van der Waals surface area (Å²) in [5, 5.41) is 6.35. The highest BCUT2D eigenvalue weighted by molar-refractivity contribution is 7.99. The number of imidazole rings is 1. The third kappa shape index (κ3) is 5.80. The molecule has 0 aliphatic heterocycles. The van der Waals surface area contributed by atoms with Crippen LogP contribution in [0.2, 0.25) is 5.02 Å². The van der Waals surface area contributed by atoms with E-state index in [1.54, 1.807) is 25.3 Å². The van der Waals surface area contributed by atoms with Gasteiger partial charge in [-0.2, -0.15) is 0 Å². The number of hydrogen-bond donors (Lipinski definition) is 1. The number of methoxy groups -OCH3 is 1. The van der Waals surface area contributed by atoms with Crippen LogP contribution in [0.4, 0.5) is 5.82 Å². The lowest BCUT2D eigenvalue weighted by Crippen LogP contribution is -2.23. The largest absolute Gasteiger partial charge is 0.495 e. The molecule has 0 unspecified atom stereocenters. The van der Waals surface area contributed by atoms with E-state index in [-0.39, 0.29) is 17.2 Å². The Bertz CT molecular complexity index is 2360. The maximum atomic E-state index is 14.4. The minimum atomic E-state index is -0.280. The van der Waals surface area contributed by atoms with Crippen LogP contribution < -0.4 is 15.6 Å². The molecule has 0 aliphatic carbocycles. The number of thiophene rings is 1. The van der Waals surface area contributed by atoms with E-state index in [1.165, 1.54) is 27.7 Å². The molecule has 1 amide bonds. The van der Waals surface area contributed by atoms with E-state index in [2.05, 4.69) is 23.5 Å². The first kappa shape index (κ1) is 30.7. The Morgan fingerprint density at radius 3 is 2.49 bits per heavy atom. The molecule has 0 saturated carbocycles. The smallest absolute Gasteiger partial charge is 0.268 e. The molecule has 0 atom stereocenters. The van der Waals surface area contributed by atoms with E-state index in [0.29, 0.717) is 54.6 Å². The van der Waals surface area contributed by atoms with Crippen molar-refractivity contribution >= 4 is 62.3 Å². The number of ether oxygens (including phenoxy) is 1. The molecule has 0 radical (unpaired) electrons. The van der Waals surface area contributed by atoms with Crippen LogP contribution in [0.15, 0.2) is 106 Å². The summed E-state index contributed by atoms with van der Waals surface area (Å²) in [4.78, 5) is 38.4. The number of benzene rings is 3. The molecule has 8 nitrogen and oxygen atoms in total. The van der Waals surface area contributed by atoms with Crippen LogP contribution in [-0.4, -0.2) is 37.7 Å². The number of carbonyl (C=O) groups excluding carboxylic acids is 1. The van der Waals surface area contributed by atoms with Gasteiger partial charge in [0, 0.05) is 33.3 Å². The first-order valence-corrected chi connectivity index (χ1v) is 17.0. The molecule has 11 heteroatoms. The zero-order valence-corrected chi connectivity index (χ0v) is 28.0. The van der Waals surface area contributed by atoms with Crippen molar-refractivity contribution in [2.45, 2.75) is 19.0 Å². The third-order valence-corrected chi connectivity index (χ3v) is 9.82. The number of halogens is 1. The summed E-state index contributed by atoms with van der Waals surface area (Å²) in [5.74, 6) is 0.794. The quantitative estimate of drug-likeness (QED) is 0.128. The van der Waals surface area contributed by atoms with Crippen LogP contribution >= 0.6 is 34.7 Å². The Kier molecular flexibility index (Phi) is 8.31. The van der Waals surface area contributed by atoms with E-state index in [1.807, 2.05) is 78.4 Å². The Morgan fingerprint density at radius 2 is 1.70 bits per heavy atom. The van der Waals surface area contributed by atoms with Crippen LogP contribution in [0.5, 0.6) is 5.75 Å². The van der Waals surface area contributed by atoms with Crippen LogP contribution in [0.3, 0.4) is 0 Å². The first-order valence-electron chi connectivity index (χ1n) is 14.7. The number of carbonyl (C=O) groups is 1. The fourth-order valence-electron chi connectivity index (χ4n) is 5.70. The van der Waals surface area contributed by atoms with Gasteiger partial charge in [0.05, 0.1) is 23.9 Å². The molecule has 3 aromatic carbocycles. The van der Waals surface area contributed by atoms with Crippen molar-refractivity contribution in [2.75, 3.05) is 18.2 Å². The minimum Gasteiger partial charge on any atom is -0.495 e. The van der Waals surface area contributed by atoms with Gasteiger partial charge in [-0.3, -0.25) is 18.6 Å². The second kappa shape index (κ2) is 12.7. The van der Waals surface area contributed by atoms with Crippen molar-refractivity contribution in [2.24, 2.45) is 0 Å². The second-order valence-electron chi connectivity index (χ2n) is 11.0. The van der Waals surface area contributed by atoms with Crippen molar-refractivity contribution in [3.8, 4) is 33.8 Å². The molecule has 7 aromatic rings. The van der Waals surface area contributed by atoms with E-state index >= 15 is 0 Å². The maximum Gasteiger partial charge on any atom is 0.268 e. The number of amides is 1. The van der Waals surface area contributed by atoms with Gasteiger partial charge in [0.1, 0.15) is 27.7 Å². The summed E-state index contributed by atoms with van der Waals surface area (Å²) in [6.45, 7) is 4.08. The number of aryl methyl sites for hydroxylation is 2. The predicted octanol–water partition coefficient (Wildman–Crippen LogP) is 8.44. The lowest BCUT2D eigenvalue weighted by molar-refractivity contribution is -0.113. The maximum absolute atomic E-state index is 14.4. The van der Waals surface area contributed by atoms with Gasteiger partial charge >= 0.3 is 0 Å². The Labute approximate surface area is 283 Å². The lowest BCUT2D eigenvalue weighted by atomic mass is 10.1. The van der Waals surface area contributed by atoms with Crippen molar-refractivity contribution in [3.63, 3.8) is 0 Å². The van der Waals surface area contributed by atoms with E-state index < -0.39 is 0 Å². The van der Waals surface area contributed by atoms with Crippen molar-refractivity contribution in [3.05, 3.63) is 123 Å². The number of aromatic nitrogens is 4. The molecule has 4 aromatic heterocycles. The van der Waals surface area contributed by atoms with Gasteiger partial charge in [0.2, 0.25) is 5.91 Å². The topological polar surface area (TPSA) is 90.5 Å². The van der Waals surface area contributed by atoms with E-state index in [9.17, 15) is 9.59 Å². The van der Waals surface area contributed by atoms with Gasteiger partial charge in [0.15, 0.2) is 5.16 Å². The van der Waals surface area contributed by atoms with Gasteiger partial charge in [-0.25, -0.2) is 9.97 Å². The van der Waals surface area contributed by atoms with Gasteiger partial charge in [-0.15, -0.1) is 11.3 Å². The lowest BCUT2D eigenvalue weighted by Gasteiger charge is -2.15. The highest BCUT2D eigenvalue weighted by Gasteiger charge is 2.23. The summed E-state index contributed by atoms with van der Waals surface area (Å²) in [6, 6.07) is 26.6. The van der Waals surface area contributed by atoms with Gasteiger partial charge in [-0.1, -0.05) is 77.0 Å². The number of hydrogen-bond acceptors (Lipinski definition) is 7. The molecule has 4 heterocycles. The van der Waals surface area contributed by atoms with E-state index in [4.69, 9.17) is 26.3 Å². The third-order valence-electron chi connectivity index (χ3n) is 7.68. The number of fused-ring (bicyclic) bond motifs is 2. The first-order chi connectivity index (χ1) is 22.8. The molecule has 47 heavy (non-hydrogen) atoms. The molecule has 0 bridgehead atoms. The Balaban J connectivity index is 1.28. The van der Waals surface area contributed by atoms with Gasteiger partial charge < -0.3 is 10.1 Å². The van der Waals surface area contributed by atoms with Crippen LogP contribution in [0.25, 0.3) is 43.9 Å². The van der Waals surface area contributed by atoms with Crippen LogP contribution in [-0.2, 0) is 4.79 Å². The molecule has 1 N–H and O–H groups in total. The summed E-state index contributed by atoms with van der Waals surface area (Å²) >= 11 is 9.09. The van der Waals surface area contributed by atoms with Crippen LogP contribution in [0, 0.1) is 13.8 Å². The number of nitrogens with one attached hydrogen (secondary N) is 1. The summed E-state index contributed by atoms with van der Waals surface area (Å²) in [7, 11) is 1.55. The fraction of sp³-hybridized carbons (Fsp3) is 0.111. The molecule has 0 fully saturated rings. The van der Waals surface area contributed by atoms with Crippen molar-refractivity contribution in [1.82, 2.24) is 18.9 Å². The average Bonchev–Trinajstić information content (AvgIpc) is 3.65. The normalized spacial score (nSPS) is 11.3. The second-order valence-corrected chi connectivity index (χ2v) is 13.2. The minimum absolute atomic E-state index is 0.0117. The fourth-order valence-corrected chi connectivity index (χ4v) is 7.72. The molecular formula is C36H28ClN5O3S2. The predicted molar refractivity (Wildman–Crippen MR) is 192 cm³/mol. The summed E-state index contributed by atoms with van der Waals surface area (Å²) in [6.07, 6.45) is 1.87. The van der Waals surface area contributed by atoms with Gasteiger partial charge in [-0.05, 0) is 56.3 Å². The number of para-hydroxylation sites is 2. The van der Waals surface area contributed by atoms with Gasteiger partial charge in [0.25, 0.3) is 5.56 Å². The number of pyridine rings is 1. The van der Waals surface area contributed by atoms with Crippen molar-refractivity contribution in [1.29, 1.82) is 0 Å². The number of nitrogens with zero attached hydrogens (tertiary/aromatic N) is 4. The number of rotatable bonds is 8. The Hall–Kier alpha value is -4.90. The highest BCUT2D eigenvalue weighted by Crippen LogP contribution is 2.37. The summed E-state index contributed by atoms with van der Waals surface area (Å²) < 4.78 is 9.02. The molecule has 0 spiro atoms. The highest BCUT2D eigenvalue weighted by atomic mass is 35.5. The number of anilines is 1. The Morgan fingerprint density at radius 1 is 0.957 bits per heavy atom. The summed E-state index contributed by atoms with van der Waals surface area (Å²) in [5.41, 5.74) is 6.21. The molecular weight excluding hydrogens is 650 g/mol. The zero-order chi connectivity index (χ0) is 32.7. The average molecular weight is 678 g/mol. The van der Waals surface area contributed by atoms with Crippen LogP contribution in [0.1, 0.15) is 11.1 Å². The molecule has 0 aliphatic rings. The molecule has 7 rings (SSSR count). The number of thioether (sulfide) groups is 1. The molecule has 234 valence electrons. The van der Waals surface area contributed by atoms with Crippen molar-refractivity contribution < 1.29 is 9.53 Å². The zero-order valence-electron chi connectivity index (χ0n) is 25.7. The SMILES string of the molecule is COc1ccccc1-n1c(SCC(=O)Nc2c(-c3cc(C)cc(C)c3)nc3ccccn23)nc2scc(-c3ccccc3Cl)c2c1=O. The monoisotopic (exact) mass is 677 g/mol. The standard InChI is InChI=1S/C36H28ClN5O3S2/c1-21-16-22(2)18-23(17-21)32-33(41-15-9-8-14-29(41)38-32)39-30(43)20-47-36-40-34-31(25(19-46-34)24-10-4-5-11-26(24)37)35(44)42(36)27-12-6-7-13-28(27)45-3/h4-19H,20H2,1-3H3,(H,39,43). The van der Waals surface area contributed by atoms with E-state index in [0.717, 1.165) is 22.3 Å².